The van der Waals surface area contributed by atoms with Crippen LogP contribution in [0.15, 0.2) is 58.8 Å². The molecule has 4 aromatic rings. The zero-order valence-electron chi connectivity index (χ0n) is 19.7. The van der Waals surface area contributed by atoms with Crippen molar-refractivity contribution >= 4 is 35.2 Å². The van der Waals surface area contributed by atoms with E-state index in [0.29, 0.717) is 17.3 Å². The largest absolute Gasteiger partial charge is 0.454 e. The van der Waals surface area contributed by atoms with Crippen LogP contribution in [0.4, 0.5) is 5.82 Å². The fourth-order valence-electron chi connectivity index (χ4n) is 4.82. The van der Waals surface area contributed by atoms with Gasteiger partial charge in [0.25, 0.3) is 0 Å². The number of hydrogen-bond donors (Lipinski definition) is 1. The SMILES string of the molecule is Nc1ncnc2c1nc(Sc1cc3c(cc1-c1ccccc1)OCO3)n2CCC1CCN(C=O)CC1. The van der Waals surface area contributed by atoms with Crippen molar-refractivity contribution in [3.05, 3.63) is 48.8 Å². The molecule has 36 heavy (non-hydrogen) atoms. The molecule has 2 aliphatic heterocycles. The molecule has 184 valence electrons. The lowest BCUT2D eigenvalue weighted by Crippen LogP contribution is -2.32. The molecule has 2 N–H and O–H groups in total. The predicted octanol–water partition coefficient (Wildman–Crippen LogP) is 4.21. The van der Waals surface area contributed by atoms with E-state index >= 15 is 0 Å². The molecule has 0 atom stereocenters. The molecule has 9 nitrogen and oxygen atoms in total. The van der Waals surface area contributed by atoms with Gasteiger partial charge in [-0.3, -0.25) is 4.79 Å². The lowest BCUT2D eigenvalue weighted by molar-refractivity contribution is -0.119. The van der Waals surface area contributed by atoms with Gasteiger partial charge in [0.15, 0.2) is 33.6 Å². The molecule has 0 unspecified atom stereocenters. The van der Waals surface area contributed by atoms with Crippen molar-refractivity contribution in [1.82, 2.24) is 24.4 Å². The first kappa shape index (κ1) is 22.7. The van der Waals surface area contributed by atoms with Crippen molar-refractivity contribution in [2.75, 3.05) is 25.6 Å². The second kappa shape index (κ2) is 9.69. The lowest BCUT2D eigenvalue weighted by Gasteiger charge is -2.29. The first-order valence-corrected chi connectivity index (χ1v) is 12.8. The third kappa shape index (κ3) is 4.32. The Kier molecular flexibility index (Phi) is 6.10. The van der Waals surface area contributed by atoms with Crippen molar-refractivity contribution in [2.45, 2.75) is 35.9 Å². The van der Waals surface area contributed by atoms with Crippen LogP contribution >= 0.6 is 11.8 Å². The Morgan fingerprint density at radius 3 is 2.64 bits per heavy atom. The lowest BCUT2D eigenvalue weighted by atomic mass is 9.94. The molecular weight excluding hydrogens is 476 g/mol. The van der Waals surface area contributed by atoms with Crippen LogP contribution in [-0.2, 0) is 11.3 Å². The number of aromatic nitrogens is 4. The number of ether oxygens (including phenoxy) is 2. The van der Waals surface area contributed by atoms with Gasteiger partial charge in [-0.05, 0) is 48.4 Å². The van der Waals surface area contributed by atoms with E-state index in [9.17, 15) is 4.79 Å². The van der Waals surface area contributed by atoms with E-state index in [-0.39, 0.29) is 6.79 Å². The number of carbonyl (C=O) groups is 1. The van der Waals surface area contributed by atoms with Crippen molar-refractivity contribution < 1.29 is 14.3 Å². The number of carbonyl (C=O) groups excluding carboxylic acids is 1. The number of imidazole rings is 1. The Morgan fingerprint density at radius 2 is 1.86 bits per heavy atom. The Labute approximate surface area is 212 Å². The molecule has 0 bridgehead atoms. The molecule has 0 saturated carbocycles. The van der Waals surface area contributed by atoms with E-state index in [1.165, 1.54) is 6.33 Å². The Bertz CT molecular complexity index is 1400. The summed E-state index contributed by atoms with van der Waals surface area (Å²) in [7, 11) is 0. The third-order valence-corrected chi connectivity index (χ3v) is 7.90. The maximum Gasteiger partial charge on any atom is 0.231 e. The van der Waals surface area contributed by atoms with Crippen molar-refractivity contribution in [3.63, 3.8) is 0 Å². The smallest absolute Gasteiger partial charge is 0.231 e. The highest BCUT2D eigenvalue weighted by Crippen LogP contribution is 2.45. The first-order chi connectivity index (χ1) is 17.7. The topological polar surface area (TPSA) is 108 Å². The predicted molar refractivity (Wildman–Crippen MR) is 137 cm³/mol. The van der Waals surface area contributed by atoms with Crippen molar-refractivity contribution in [2.24, 2.45) is 5.92 Å². The number of likely N-dealkylation sites (tertiary alicyclic amines) is 1. The summed E-state index contributed by atoms with van der Waals surface area (Å²) < 4.78 is 13.5. The third-order valence-electron chi connectivity index (χ3n) is 6.85. The molecule has 2 aliphatic rings. The van der Waals surface area contributed by atoms with Crippen LogP contribution < -0.4 is 15.2 Å². The van der Waals surface area contributed by atoms with Crippen LogP contribution in [0.5, 0.6) is 11.5 Å². The summed E-state index contributed by atoms with van der Waals surface area (Å²) in [5.74, 6) is 2.37. The van der Waals surface area contributed by atoms with Crippen LogP contribution in [0, 0.1) is 5.92 Å². The van der Waals surface area contributed by atoms with E-state index in [1.807, 2.05) is 35.2 Å². The highest BCUT2D eigenvalue weighted by Gasteiger charge is 2.23. The maximum absolute atomic E-state index is 11.1. The molecule has 0 aliphatic carbocycles. The van der Waals surface area contributed by atoms with E-state index in [0.717, 1.165) is 83.6 Å². The average Bonchev–Trinajstić information content (AvgIpc) is 3.52. The van der Waals surface area contributed by atoms with Gasteiger partial charge in [-0.1, -0.05) is 42.1 Å². The molecule has 6 rings (SSSR count). The quantitative estimate of drug-likeness (QED) is 0.374. The minimum absolute atomic E-state index is 0.214. The fraction of sp³-hybridized carbons (Fsp3) is 0.308. The highest BCUT2D eigenvalue weighted by atomic mass is 32.2. The zero-order chi connectivity index (χ0) is 24.5. The number of piperidine rings is 1. The van der Waals surface area contributed by atoms with Crippen molar-refractivity contribution in [3.8, 4) is 22.6 Å². The normalized spacial score (nSPS) is 15.5. The Morgan fingerprint density at radius 1 is 1.08 bits per heavy atom. The summed E-state index contributed by atoms with van der Waals surface area (Å²) in [6, 6.07) is 14.3. The minimum Gasteiger partial charge on any atom is -0.454 e. The fourth-order valence-corrected chi connectivity index (χ4v) is 5.90. The second-order valence-electron chi connectivity index (χ2n) is 9.02. The van der Waals surface area contributed by atoms with Gasteiger partial charge in [0.05, 0.1) is 0 Å². The number of nitrogens with zero attached hydrogens (tertiary/aromatic N) is 5. The van der Waals surface area contributed by atoms with Crippen molar-refractivity contribution in [1.29, 1.82) is 0 Å². The Hall–Kier alpha value is -3.79. The number of nitrogen functional groups attached to an aromatic ring is 1. The molecule has 1 saturated heterocycles. The van der Waals surface area contributed by atoms with Gasteiger partial charge in [0.1, 0.15) is 6.33 Å². The van der Waals surface area contributed by atoms with E-state index < -0.39 is 0 Å². The maximum atomic E-state index is 11.1. The molecule has 1 amide bonds. The second-order valence-corrected chi connectivity index (χ2v) is 10.0. The summed E-state index contributed by atoms with van der Waals surface area (Å²) >= 11 is 1.57. The summed E-state index contributed by atoms with van der Waals surface area (Å²) in [6.07, 6.45) is 5.42. The van der Waals surface area contributed by atoms with Gasteiger partial charge in [0, 0.05) is 24.5 Å². The van der Waals surface area contributed by atoms with Gasteiger partial charge in [0.2, 0.25) is 13.2 Å². The van der Waals surface area contributed by atoms with E-state index in [2.05, 4.69) is 26.7 Å². The van der Waals surface area contributed by atoms with E-state index in [4.69, 9.17) is 20.2 Å². The molecule has 0 radical (unpaired) electrons. The van der Waals surface area contributed by atoms with Gasteiger partial charge in [-0.2, -0.15) is 0 Å². The molecule has 1 fully saturated rings. The summed E-state index contributed by atoms with van der Waals surface area (Å²) in [6.45, 7) is 2.60. The van der Waals surface area contributed by atoms with Gasteiger partial charge in [-0.25, -0.2) is 15.0 Å². The number of aryl methyl sites for hydroxylation is 1. The number of nitrogens with two attached hydrogens (primary N) is 1. The molecule has 10 heteroatoms. The van der Waals surface area contributed by atoms with Gasteiger partial charge in [-0.15, -0.1) is 0 Å². The number of amides is 1. The minimum atomic E-state index is 0.214. The van der Waals surface area contributed by atoms with Crippen LogP contribution in [0.3, 0.4) is 0 Å². The standard InChI is InChI=1S/C26H26N6O3S/c27-24-23-25(29-14-28-24)32(11-8-17-6-9-31(15-33)10-7-17)26(30-23)36-22-13-21-20(34-16-35-21)12-19(22)18-4-2-1-3-5-18/h1-5,12-15,17H,6-11,16H2,(H2,27,28,29). The van der Waals surface area contributed by atoms with Gasteiger partial charge >= 0.3 is 0 Å². The van der Waals surface area contributed by atoms with Gasteiger partial charge < -0.3 is 24.7 Å². The summed E-state index contributed by atoms with van der Waals surface area (Å²) in [4.78, 5) is 27.5. The summed E-state index contributed by atoms with van der Waals surface area (Å²) in [5.41, 5.74) is 9.66. The molecule has 2 aromatic heterocycles. The van der Waals surface area contributed by atoms with E-state index in [1.54, 1.807) is 11.8 Å². The monoisotopic (exact) mass is 502 g/mol. The average molecular weight is 503 g/mol. The van der Waals surface area contributed by atoms with Crippen LogP contribution in [0.1, 0.15) is 19.3 Å². The number of hydrogen-bond acceptors (Lipinski definition) is 8. The number of rotatable bonds is 7. The molecule has 4 heterocycles. The molecular formula is C26H26N6O3S. The highest BCUT2D eigenvalue weighted by molar-refractivity contribution is 7.99. The molecule has 0 spiro atoms. The van der Waals surface area contributed by atoms with Crippen LogP contribution in [0.25, 0.3) is 22.3 Å². The number of benzene rings is 2. The zero-order valence-corrected chi connectivity index (χ0v) is 20.5. The van der Waals surface area contributed by atoms with Crippen LogP contribution in [-0.4, -0.2) is 50.7 Å². The number of fused-ring (bicyclic) bond motifs is 2. The summed E-state index contributed by atoms with van der Waals surface area (Å²) in [5, 5.41) is 0.804. The molecule has 2 aromatic carbocycles. The Balaban J connectivity index is 1.36. The first-order valence-electron chi connectivity index (χ1n) is 12.0. The van der Waals surface area contributed by atoms with Crippen LogP contribution in [0.2, 0.25) is 0 Å². The number of anilines is 1.